The second kappa shape index (κ2) is 9.66. The van der Waals surface area contributed by atoms with Crippen molar-refractivity contribution in [3.05, 3.63) is 96.1 Å². The Labute approximate surface area is 208 Å². The summed E-state index contributed by atoms with van der Waals surface area (Å²) in [5.74, 6) is 0.125. The molecule has 0 radical (unpaired) electrons. The molecule has 36 heavy (non-hydrogen) atoms. The van der Waals surface area contributed by atoms with E-state index in [9.17, 15) is 9.18 Å². The summed E-state index contributed by atoms with van der Waals surface area (Å²) >= 11 is 0. The number of nitrogens with one attached hydrogen (secondary N) is 1. The van der Waals surface area contributed by atoms with Crippen LogP contribution in [-0.4, -0.2) is 17.5 Å². The highest BCUT2D eigenvalue weighted by Crippen LogP contribution is 2.40. The maximum absolute atomic E-state index is 13.5. The molecule has 0 bridgehead atoms. The van der Waals surface area contributed by atoms with E-state index in [2.05, 4.69) is 10.3 Å². The largest absolute Gasteiger partial charge is 0.493 e. The van der Waals surface area contributed by atoms with Gasteiger partial charge in [-0.15, -0.1) is 0 Å². The zero-order chi connectivity index (χ0) is 25.2. The number of amides is 1. The summed E-state index contributed by atoms with van der Waals surface area (Å²) in [6.07, 6.45) is 4.97. The van der Waals surface area contributed by atoms with E-state index in [0.717, 1.165) is 44.1 Å². The first kappa shape index (κ1) is 23.3. The quantitative estimate of drug-likeness (QED) is 0.255. The highest BCUT2D eigenvalue weighted by Gasteiger charge is 2.19. The van der Waals surface area contributed by atoms with Crippen LogP contribution in [0.3, 0.4) is 0 Å². The average Bonchev–Trinajstić information content (AvgIpc) is 3.30. The Bertz CT molecular complexity index is 1620. The molecule has 5 nitrogen and oxygen atoms in total. The van der Waals surface area contributed by atoms with Crippen molar-refractivity contribution in [1.82, 2.24) is 4.98 Å². The first-order valence-electron chi connectivity index (χ1n) is 11.7. The van der Waals surface area contributed by atoms with E-state index in [1.54, 1.807) is 30.7 Å². The van der Waals surface area contributed by atoms with Gasteiger partial charge < -0.3 is 14.5 Å². The number of rotatable bonds is 6. The minimum Gasteiger partial charge on any atom is -0.493 e. The number of allylic oxidation sites excluding steroid dienone is 1. The Morgan fingerprint density at radius 2 is 1.94 bits per heavy atom. The minimum absolute atomic E-state index is 0.248. The van der Waals surface area contributed by atoms with Gasteiger partial charge >= 0.3 is 0 Å². The molecule has 6 heteroatoms. The lowest BCUT2D eigenvalue weighted by Gasteiger charge is -2.15. The first-order valence-corrected chi connectivity index (χ1v) is 11.7. The average molecular weight is 481 g/mol. The summed E-state index contributed by atoms with van der Waals surface area (Å²) in [5, 5.41) is 4.75. The number of pyridine rings is 1. The van der Waals surface area contributed by atoms with E-state index >= 15 is 0 Å². The van der Waals surface area contributed by atoms with Gasteiger partial charge in [-0.1, -0.05) is 18.2 Å². The van der Waals surface area contributed by atoms with Gasteiger partial charge in [-0.2, -0.15) is 0 Å². The number of halogens is 1. The van der Waals surface area contributed by atoms with Crippen molar-refractivity contribution >= 4 is 39.0 Å². The van der Waals surface area contributed by atoms with Crippen molar-refractivity contribution in [3.8, 4) is 16.9 Å². The second-order valence-corrected chi connectivity index (χ2v) is 8.57. The topological polar surface area (TPSA) is 64.4 Å². The predicted octanol–water partition coefficient (Wildman–Crippen LogP) is 7.54. The van der Waals surface area contributed by atoms with E-state index in [0.29, 0.717) is 23.6 Å². The molecule has 1 N–H and O–H groups in total. The van der Waals surface area contributed by atoms with Crippen LogP contribution in [0.5, 0.6) is 5.75 Å². The molecule has 0 atom stereocenters. The number of anilines is 1. The molecule has 5 rings (SSSR count). The van der Waals surface area contributed by atoms with Crippen molar-refractivity contribution in [2.24, 2.45) is 0 Å². The van der Waals surface area contributed by atoms with Crippen LogP contribution in [0.25, 0.3) is 38.6 Å². The smallest absolute Gasteiger partial charge is 0.248 e. The molecular weight excluding hydrogens is 455 g/mol. The number of aryl methyl sites for hydroxylation is 1. The van der Waals surface area contributed by atoms with Gasteiger partial charge in [0.05, 0.1) is 18.4 Å². The molecule has 5 aromatic rings. The number of carbonyl (C=O) groups excluding carboxylic acids is 1. The molecule has 0 unspecified atom stereocenters. The van der Waals surface area contributed by atoms with Crippen LogP contribution in [-0.2, 0) is 4.79 Å². The van der Waals surface area contributed by atoms with Crippen LogP contribution in [0.15, 0.2) is 83.6 Å². The van der Waals surface area contributed by atoms with Gasteiger partial charge in [-0.3, -0.25) is 9.78 Å². The zero-order valence-corrected chi connectivity index (χ0v) is 20.3. The Hall–Kier alpha value is -4.45. The summed E-state index contributed by atoms with van der Waals surface area (Å²) in [7, 11) is 0. The fourth-order valence-electron chi connectivity index (χ4n) is 4.40. The van der Waals surface area contributed by atoms with Crippen LogP contribution in [0.4, 0.5) is 10.1 Å². The fraction of sp³-hybridized carbons (Fsp3) is 0.133. The normalized spacial score (nSPS) is 11.7. The van der Waals surface area contributed by atoms with Gasteiger partial charge in [-0.25, -0.2) is 4.39 Å². The summed E-state index contributed by atoms with van der Waals surface area (Å²) in [5.41, 5.74) is 6.32. The summed E-state index contributed by atoms with van der Waals surface area (Å²) in [6.45, 7) is 6.20. The molecule has 0 saturated carbocycles. The molecule has 0 saturated heterocycles. The van der Waals surface area contributed by atoms with E-state index in [1.807, 2.05) is 57.2 Å². The number of nitrogens with zero attached hydrogens (tertiary/aromatic N) is 1. The SMILES string of the molecule is CCOc1c(/C(C)=C/C(=O)Nc2ccc3ncccc3c2)cc2c(-c3ccc(F)cc3)coc2c1C. The van der Waals surface area contributed by atoms with Gasteiger partial charge in [0.15, 0.2) is 0 Å². The van der Waals surface area contributed by atoms with Gasteiger partial charge in [0.1, 0.15) is 17.1 Å². The monoisotopic (exact) mass is 480 g/mol. The fourth-order valence-corrected chi connectivity index (χ4v) is 4.40. The Kier molecular flexibility index (Phi) is 6.25. The number of furan rings is 1. The highest BCUT2D eigenvalue weighted by atomic mass is 19.1. The van der Waals surface area contributed by atoms with E-state index in [4.69, 9.17) is 9.15 Å². The molecule has 1 amide bonds. The standard InChI is InChI=1S/C30H25FN2O3/c1-4-35-29-19(3)30-25(26(17-36-30)20-7-9-22(31)10-8-20)16-24(29)18(2)14-28(34)33-23-11-12-27-21(15-23)6-5-13-32-27/h5-17H,4H2,1-3H3,(H,33,34)/b18-14+. The Balaban J connectivity index is 1.53. The number of benzene rings is 3. The molecule has 0 aliphatic heterocycles. The van der Waals surface area contributed by atoms with Gasteiger partial charge in [0.2, 0.25) is 5.91 Å². The summed E-state index contributed by atoms with van der Waals surface area (Å²) in [6, 6.07) is 17.7. The van der Waals surface area contributed by atoms with Crippen molar-refractivity contribution in [3.63, 3.8) is 0 Å². The van der Waals surface area contributed by atoms with Crippen LogP contribution < -0.4 is 10.1 Å². The van der Waals surface area contributed by atoms with E-state index in [-0.39, 0.29) is 11.7 Å². The number of hydrogen-bond acceptors (Lipinski definition) is 4. The van der Waals surface area contributed by atoms with Crippen molar-refractivity contribution in [2.75, 3.05) is 11.9 Å². The number of carbonyl (C=O) groups is 1. The zero-order valence-electron chi connectivity index (χ0n) is 20.3. The lowest BCUT2D eigenvalue weighted by Crippen LogP contribution is -2.09. The molecule has 0 fully saturated rings. The van der Waals surface area contributed by atoms with E-state index < -0.39 is 0 Å². The molecule has 2 aromatic heterocycles. The maximum Gasteiger partial charge on any atom is 0.248 e. The third-order valence-electron chi connectivity index (χ3n) is 6.13. The maximum atomic E-state index is 13.5. The number of fused-ring (bicyclic) bond motifs is 2. The third kappa shape index (κ3) is 4.45. The number of ether oxygens (including phenoxy) is 1. The molecular formula is C30H25FN2O3. The van der Waals surface area contributed by atoms with Crippen LogP contribution in [0.2, 0.25) is 0 Å². The van der Waals surface area contributed by atoms with Gasteiger partial charge in [0.25, 0.3) is 0 Å². The molecule has 0 aliphatic rings. The van der Waals surface area contributed by atoms with Gasteiger partial charge in [0, 0.05) is 45.4 Å². The second-order valence-electron chi connectivity index (χ2n) is 8.57. The Morgan fingerprint density at radius 1 is 1.14 bits per heavy atom. The number of hydrogen-bond donors (Lipinski definition) is 1. The first-order chi connectivity index (χ1) is 17.4. The molecule has 3 aromatic carbocycles. The summed E-state index contributed by atoms with van der Waals surface area (Å²) < 4.78 is 25.4. The van der Waals surface area contributed by atoms with Crippen LogP contribution in [0, 0.1) is 12.7 Å². The third-order valence-corrected chi connectivity index (χ3v) is 6.13. The Morgan fingerprint density at radius 3 is 2.72 bits per heavy atom. The highest BCUT2D eigenvalue weighted by molar-refractivity contribution is 6.06. The van der Waals surface area contributed by atoms with Crippen LogP contribution >= 0.6 is 0 Å². The lowest BCUT2D eigenvalue weighted by atomic mass is 9.96. The number of aromatic nitrogens is 1. The minimum atomic E-state index is -0.297. The molecule has 180 valence electrons. The van der Waals surface area contributed by atoms with E-state index in [1.165, 1.54) is 12.1 Å². The van der Waals surface area contributed by atoms with Crippen molar-refractivity contribution < 1.29 is 18.3 Å². The molecule has 0 spiro atoms. The molecule has 2 heterocycles. The predicted molar refractivity (Wildman–Crippen MR) is 142 cm³/mol. The molecule has 0 aliphatic carbocycles. The van der Waals surface area contributed by atoms with Crippen molar-refractivity contribution in [2.45, 2.75) is 20.8 Å². The van der Waals surface area contributed by atoms with Crippen molar-refractivity contribution in [1.29, 1.82) is 0 Å². The van der Waals surface area contributed by atoms with Gasteiger partial charge in [-0.05, 0) is 74.4 Å². The lowest BCUT2D eigenvalue weighted by molar-refractivity contribution is -0.111. The summed E-state index contributed by atoms with van der Waals surface area (Å²) in [4.78, 5) is 17.2. The van der Waals surface area contributed by atoms with Crippen LogP contribution in [0.1, 0.15) is 25.0 Å².